The molecule has 1 fully saturated rings. The molecule has 1 atom stereocenters. The number of morpholine rings is 1. The molecular formula is C17H21N5O2. The lowest BCUT2D eigenvalue weighted by molar-refractivity contribution is 0.122. The number of aromatic nitrogens is 2. The summed E-state index contributed by atoms with van der Waals surface area (Å²) in [5, 5.41) is 5.78. The lowest BCUT2D eigenvalue weighted by Gasteiger charge is -2.29. The van der Waals surface area contributed by atoms with Crippen molar-refractivity contribution in [1.29, 1.82) is 0 Å². The monoisotopic (exact) mass is 327 g/mol. The Hall–Kier alpha value is -2.67. The molecule has 7 heteroatoms. The smallest absolute Gasteiger partial charge is 0.319 e. The van der Waals surface area contributed by atoms with Crippen LogP contribution in [0.25, 0.3) is 0 Å². The highest BCUT2D eigenvalue weighted by Gasteiger charge is 2.18. The average molecular weight is 327 g/mol. The molecule has 0 aromatic carbocycles. The largest absolute Gasteiger partial charge is 0.378 e. The number of hydrogen-bond donors (Lipinski definition) is 2. The van der Waals surface area contributed by atoms with Crippen LogP contribution in [0.4, 0.5) is 16.3 Å². The standard InChI is InChI=1S/C17H21N5O2/c1-13(14-5-2-3-7-18-14)20-17(23)21-15-6-4-8-19-16(15)22-9-11-24-12-10-22/h2-8,13H,9-12H2,1H3,(H2,20,21,23)/t13-/m0/s1. The summed E-state index contributed by atoms with van der Waals surface area (Å²) < 4.78 is 5.37. The van der Waals surface area contributed by atoms with Crippen LogP contribution >= 0.6 is 0 Å². The Morgan fingerprint density at radius 1 is 1.17 bits per heavy atom. The topological polar surface area (TPSA) is 79.4 Å². The van der Waals surface area contributed by atoms with Crippen LogP contribution in [0.15, 0.2) is 42.7 Å². The Morgan fingerprint density at radius 2 is 1.96 bits per heavy atom. The summed E-state index contributed by atoms with van der Waals surface area (Å²) >= 11 is 0. The SMILES string of the molecule is C[C@H](NC(=O)Nc1cccnc1N1CCOCC1)c1ccccn1. The van der Waals surface area contributed by atoms with Gasteiger partial charge in [0.1, 0.15) is 0 Å². The van der Waals surface area contributed by atoms with Crippen molar-refractivity contribution in [1.82, 2.24) is 15.3 Å². The van der Waals surface area contributed by atoms with Gasteiger partial charge in [0.2, 0.25) is 0 Å². The molecule has 3 rings (SSSR count). The van der Waals surface area contributed by atoms with Gasteiger partial charge in [-0.25, -0.2) is 9.78 Å². The van der Waals surface area contributed by atoms with Crippen LogP contribution in [0.3, 0.4) is 0 Å². The zero-order chi connectivity index (χ0) is 16.8. The van der Waals surface area contributed by atoms with Crippen molar-refractivity contribution in [2.75, 3.05) is 36.5 Å². The second-order valence-corrected chi connectivity index (χ2v) is 5.55. The van der Waals surface area contributed by atoms with Crippen molar-refractivity contribution in [2.45, 2.75) is 13.0 Å². The predicted molar refractivity (Wildman–Crippen MR) is 92.1 cm³/mol. The summed E-state index contributed by atoms with van der Waals surface area (Å²) in [6.45, 7) is 4.75. The average Bonchev–Trinajstić information content (AvgIpc) is 2.63. The van der Waals surface area contributed by atoms with E-state index in [1.807, 2.05) is 37.3 Å². The highest BCUT2D eigenvalue weighted by Crippen LogP contribution is 2.23. The van der Waals surface area contributed by atoms with Crippen molar-refractivity contribution in [3.63, 3.8) is 0 Å². The van der Waals surface area contributed by atoms with Crippen molar-refractivity contribution < 1.29 is 9.53 Å². The second-order valence-electron chi connectivity index (χ2n) is 5.55. The molecule has 0 radical (unpaired) electrons. The molecule has 0 unspecified atom stereocenters. The first kappa shape index (κ1) is 16.2. The van der Waals surface area contributed by atoms with Crippen LogP contribution in [0.1, 0.15) is 18.7 Å². The third kappa shape index (κ3) is 3.99. The first-order valence-corrected chi connectivity index (χ1v) is 8.00. The van der Waals surface area contributed by atoms with E-state index < -0.39 is 0 Å². The fraction of sp³-hybridized carbons (Fsp3) is 0.353. The number of nitrogens with one attached hydrogen (secondary N) is 2. The summed E-state index contributed by atoms with van der Waals surface area (Å²) in [4.78, 5) is 23.1. The molecular weight excluding hydrogens is 306 g/mol. The molecule has 2 N–H and O–H groups in total. The molecule has 0 saturated carbocycles. The van der Waals surface area contributed by atoms with E-state index in [2.05, 4.69) is 25.5 Å². The first-order valence-electron chi connectivity index (χ1n) is 8.00. The number of urea groups is 1. The molecule has 0 spiro atoms. The van der Waals surface area contributed by atoms with Gasteiger partial charge in [-0.15, -0.1) is 0 Å². The fourth-order valence-electron chi connectivity index (χ4n) is 2.58. The van der Waals surface area contributed by atoms with Crippen molar-refractivity contribution in [3.05, 3.63) is 48.4 Å². The molecule has 2 aromatic rings. The Balaban J connectivity index is 1.66. The zero-order valence-corrected chi connectivity index (χ0v) is 13.6. The maximum Gasteiger partial charge on any atom is 0.319 e. The molecule has 24 heavy (non-hydrogen) atoms. The predicted octanol–water partition coefficient (Wildman–Crippen LogP) is 2.20. The maximum atomic E-state index is 12.3. The Morgan fingerprint density at radius 3 is 2.71 bits per heavy atom. The van der Waals surface area contributed by atoms with Crippen LogP contribution in [0.2, 0.25) is 0 Å². The molecule has 0 bridgehead atoms. The molecule has 1 aliphatic rings. The van der Waals surface area contributed by atoms with Crippen LogP contribution < -0.4 is 15.5 Å². The molecule has 3 heterocycles. The van der Waals surface area contributed by atoms with Crippen molar-refractivity contribution in [2.24, 2.45) is 0 Å². The van der Waals surface area contributed by atoms with Gasteiger partial charge in [-0.2, -0.15) is 0 Å². The Labute approximate surface area is 141 Å². The number of carbonyl (C=O) groups excluding carboxylic acids is 1. The number of nitrogens with zero attached hydrogens (tertiary/aromatic N) is 3. The van der Waals surface area contributed by atoms with E-state index in [-0.39, 0.29) is 12.1 Å². The summed E-state index contributed by atoms with van der Waals surface area (Å²) in [6.07, 6.45) is 3.44. The fourth-order valence-corrected chi connectivity index (χ4v) is 2.58. The summed E-state index contributed by atoms with van der Waals surface area (Å²) in [5.74, 6) is 0.765. The van der Waals surface area contributed by atoms with E-state index in [1.54, 1.807) is 12.4 Å². The zero-order valence-electron chi connectivity index (χ0n) is 13.6. The Bertz CT molecular complexity index is 674. The van der Waals surface area contributed by atoms with Gasteiger partial charge in [-0.3, -0.25) is 4.98 Å². The number of anilines is 2. The van der Waals surface area contributed by atoms with Crippen LogP contribution in [0.5, 0.6) is 0 Å². The number of pyridine rings is 2. The number of carbonyl (C=O) groups is 1. The van der Waals surface area contributed by atoms with Crippen LogP contribution in [-0.2, 0) is 4.74 Å². The summed E-state index contributed by atoms with van der Waals surface area (Å²) in [6, 6.07) is 8.82. The number of ether oxygens (including phenoxy) is 1. The molecule has 0 aliphatic carbocycles. The Kier molecular flexibility index (Phi) is 5.22. The third-order valence-electron chi connectivity index (χ3n) is 3.82. The highest BCUT2D eigenvalue weighted by molar-refractivity contribution is 5.92. The van der Waals surface area contributed by atoms with Gasteiger partial charge in [0, 0.05) is 25.5 Å². The van der Waals surface area contributed by atoms with Crippen molar-refractivity contribution >= 4 is 17.5 Å². The van der Waals surface area contributed by atoms with Crippen molar-refractivity contribution in [3.8, 4) is 0 Å². The number of hydrogen-bond acceptors (Lipinski definition) is 5. The summed E-state index contributed by atoms with van der Waals surface area (Å²) in [7, 11) is 0. The molecule has 7 nitrogen and oxygen atoms in total. The maximum absolute atomic E-state index is 12.3. The lowest BCUT2D eigenvalue weighted by atomic mass is 10.2. The van der Waals surface area contributed by atoms with Gasteiger partial charge < -0.3 is 20.3 Å². The number of rotatable bonds is 4. The lowest BCUT2D eigenvalue weighted by Crippen LogP contribution is -2.38. The van der Waals surface area contributed by atoms with Gasteiger partial charge in [-0.1, -0.05) is 6.07 Å². The number of amides is 2. The molecule has 2 amide bonds. The summed E-state index contributed by atoms with van der Waals surface area (Å²) in [5.41, 5.74) is 1.50. The van der Waals surface area contributed by atoms with Crippen LogP contribution in [0, 0.1) is 0 Å². The third-order valence-corrected chi connectivity index (χ3v) is 3.82. The van der Waals surface area contributed by atoms with Gasteiger partial charge in [0.05, 0.1) is 30.6 Å². The van der Waals surface area contributed by atoms with Gasteiger partial charge in [0.15, 0.2) is 5.82 Å². The molecule has 2 aromatic heterocycles. The van der Waals surface area contributed by atoms with Gasteiger partial charge in [0.25, 0.3) is 0 Å². The van der Waals surface area contributed by atoms with E-state index in [4.69, 9.17) is 4.74 Å². The second kappa shape index (κ2) is 7.74. The minimum absolute atomic E-state index is 0.185. The van der Waals surface area contributed by atoms with E-state index in [9.17, 15) is 4.79 Å². The highest BCUT2D eigenvalue weighted by atomic mass is 16.5. The van der Waals surface area contributed by atoms with Gasteiger partial charge >= 0.3 is 6.03 Å². The molecule has 126 valence electrons. The minimum Gasteiger partial charge on any atom is -0.378 e. The van der Waals surface area contributed by atoms with E-state index in [1.165, 1.54) is 0 Å². The van der Waals surface area contributed by atoms with E-state index >= 15 is 0 Å². The van der Waals surface area contributed by atoms with E-state index in [0.29, 0.717) is 18.9 Å². The quantitative estimate of drug-likeness (QED) is 0.900. The van der Waals surface area contributed by atoms with Crippen LogP contribution in [-0.4, -0.2) is 42.3 Å². The normalized spacial score (nSPS) is 15.6. The van der Waals surface area contributed by atoms with E-state index in [0.717, 1.165) is 24.6 Å². The van der Waals surface area contributed by atoms with Gasteiger partial charge in [-0.05, 0) is 31.2 Å². The minimum atomic E-state index is -0.282. The molecule has 1 saturated heterocycles. The first-order chi connectivity index (χ1) is 11.7. The molecule has 1 aliphatic heterocycles.